The van der Waals surface area contributed by atoms with E-state index in [0.717, 1.165) is 11.3 Å². The molecule has 2 atom stereocenters. The van der Waals surface area contributed by atoms with E-state index in [4.69, 9.17) is 23.2 Å². The third-order valence-electron chi connectivity index (χ3n) is 9.04. The Morgan fingerprint density at radius 1 is 0.781 bits per heavy atom. The maximum atomic E-state index is 13.4. The fourth-order valence-corrected chi connectivity index (χ4v) is 7.80. The Morgan fingerprint density at radius 2 is 1.41 bits per heavy atom. The molecule has 9 rings (SSSR count). The van der Waals surface area contributed by atoms with E-state index in [-0.39, 0.29) is 35.4 Å². The fourth-order valence-electron chi connectivity index (χ4n) is 6.22. The first kappa shape index (κ1) is 43.0. The second-order valence-corrected chi connectivity index (χ2v) is 16.3. The van der Waals surface area contributed by atoms with E-state index in [1.54, 1.807) is 61.5 Å². The van der Waals surface area contributed by atoms with Crippen molar-refractivity contribution >= 4 is 74.6 Å². The third kappa shape index (κ3) is 10.2. The van der Waals surface area contributed by atoms with Gasteiger partial charge in [-0.1, -0.05) is 65.7 Å². The number of nitrogens with zero attached hydrogens (tertiary/aromatic N) is 8. The summed E-state index contributed by atoms with van der Waals surface area (Å²) in [5.41, 5.74) is 3.11. The molecule has 0 saturated heterocycles. The summed E-state index contributed by atoms with van der Waals surface area (Å²) in [5, 5.41) is 43.8. The van der Waals surface area contributed by atoms with Crippen LogP contribution in [0.3, 0.4) is 0 Å². The summed E-state index contributed by atoms with van der Waals surface area (Å²) in [5.74, 6) is 0.168. The highest BCUT2D eigenvalue weighted by Crippen LogP contribution is 2.20. The van der Waals surface area contributed by atoms with Gasteiger partial charge in [-0.05, 0) is 61.0 Å². The second kappa shape index (κ2) is 18.8. The molecule has 64 heavy (non-hydrogen) atoms. The van der Waals surface area contributed by atoms with Gasteiger partial charge in [-0.25, -0.2) is 29.1 Å². The van der Waals surface area contributed by atoms with Crippen LogP contribution in [0, 0.1) is 0 Å². The summed E-state index contributed by atoms with van der Waals surface area (Å²) in [7, 11) is -1.47. The Labute approximate surface area is 372 Å². The Hall–Kier alpha value is -7.65. The molecule has 324 valence electrons. The molecule has 0 fully saturated rings. The lowest BCUT2D eigenvalue weighted by Crippen LogP contribution is -2.21. The number of halogens is 2. The third-order valence-corrected chi connectivity index (χ3v) is 10.9. The SMILES string of the molecule is CC(O)CN=c1cc(Nc2cccc(Cl)c2)nc2c(=Cc3[nH]c(=O)[nH]c3O)cnn12.O=c1[nH]c(O)c(C=c2cnn3c(S(=O)Cc4ccccc4)cc(=Nc4cccc(Cl)c4)nc23)[nH]1. The molecule has 19 nitrogen and oxygen atoms in total. The lowest BCUT2D eigenvalue weighted by Gasteiger charge is -2.07. The number of aromatic amines is 4. The quantitative estimate of drug-likeness (QED) is 0.0925. The van der Waals surface area contributed by atoms with E-state index in [9.17, 15) is 29.1 Å². The fraction of sp³-hybridized carbons (Fsp3) is 0.0952. The van der Waals surface area contributed by atoms with Gasteiger partial charge in [0.1, 0.15) is 22.2 Å². The first-order valence-electron chi connectivity index (χ1n) is 19.1. The van der Waals surface area contributed by atoms with Crippen molar-refractivity contribution in [1.82, 2.24) is 49.1 Å². The number of aromatic nitrogens is 10. The van der Waals surface area contributed by atoms with E-state index in [1.807, 2.05) is 42.5 Å². The van der Waals surface area contributed by atoms with Crippen molar-refractivity contribution in [2.75, 3.05) is 11.9 Å². The zero-order valence-electron chi connectivity index (χ0n) is 33.3. The van der Waals surface area contributed by atoms with Gasteiger partial charge in [0.25, 0.3) is 0 Å². The van der Waals surface area contributed by atoms with Gasteiger partial charge in [0.2, 0.25) is 11.8 Å². The maximum Gasteiger partial charge on any atom is 0.326 e. The summed E-state index contributed by atoms with van der Waals surface area (Å²) in [6.07, 6.45) is 5.50. The number of fused-ring (bicyclic) bond motifs is 2. The van der Waals surface area contributed by atoms with Crippen LogP contribution in [0.25, 0.3) is 23.4 Å². The number of aromatic hydroxyl groups is 2. The number of aliphatic hydroxyl groups is 1. The largest absolute Gasteiger partial charge is 0.493 e. The average molecular weight is 921 g/mol. The minimum absolute atomic E-state index is 0.172. The minimum Gasteiger partial charge on any atom is -0.493 e. The molecule has 0 aliphatic rings. The molecule has 0 spiro atoms. The van der Waals surface area contributed by atoms with Crippen molar-refractivity contribution in [3.63, 3.8) is 0 Å². The van der Waals surface area contributed by atoms with Crippen molar-refractivity contribution < 1.29 is 19.5 Å². The van der Waals surface area contributed by atoms with Crippen molar-refractivity contribution in [1.29, 1.82) is 0 Å². The normalized spacial score (nSPS) is 13.7. The van der Waals surface area contributed by atoms with E-state index in [1.165, 1.54) is 27.5 Å². The number of rotatable bonds is 10. The molecule has 9 aromatic rings. The van der Waals surface area contributed by atoms with Gasteiger partial charge in [0, 0.05) is 38.3 Å². The average Bonchev–Trinajstić information content (AvgIpc) is 4.02. The molecule has 8 N–H and O–H groups in total. The van der Waals surface area contributed by atoms with Gasteiger partial charge in [-0.2, -0.15) is 14.7 Å². The lowest BCUT2D eigenvalue weighted by molar-refractivity contribution is 0.202. The van der Waals surface area contributed by atoms with Crippen LogP contribution in [0.5, 0.6) is 11.8 Å². The number of aliphatic hydroxyl groups excluding tert-OH is 1. The molecule has 6 aromatic heterocycles. The molecule has 0 amide bonds. The van der Waals surface area contributed by atoms with Crippen LogP contribution in [-0.2, 0) is 16.6 Å². The van der Waals surface area contributed by atoms with Gasteiger partial charge in [-0.15, -0.1) is 0 Å². The van der Waals surface area contributed by atoms with Crippen LogP contribution in [0.2, 0.25) is 10.0 Å². The van der Waals surface area contributed by atoms with E-state index in [2.05, 4.69) is 55.4 Å². The Bertz CT molecular complexity index is 3560. The number of hydrogen-bond acceptors (Lipinski definition) is 13. The van der Waals surface area contributed by atoms with Gasteiger partial charge in [0.15, 0.2) is 22.3 Å². The molecule has 0 aliphatic heterocycles. The molecule has 0 bridgehead atoms. The molecule has 22 heteroatoms. The Balaban J connectivity index is 0.000000176. The molecule has 6 heterocycles. The van der Waals surface area contributed by atoms with Crippen LogP contribution < -0.4 is 38.1 Å². The Morgan fingerprint density at radius 3 is 2.02 bits per heavy atom. The lowest BCUT2D eigenvalue weighted by atomic mass is 10.2. The molecule has 0 saturated carbocycles. The first-order valence-corrected chi connectivity index (χ1v) is 21.2. The zero-order chi connectivity index (χ0) is 44.9. The number of imidazole rings is 2. The number of hydrogen-bond donors (Lipinski definition) is 8. The van der Waals surface area contributed by atoms with Crippen molar-refractivity contribution in [2.45, 2.75) is 23.8 Å². The summed E-state index contributed by atoms with van der Waals surface area (Å²) in [6.45, 7) is 1.82. The topological polar surface area (TPSA) is 272 Å². The highest BCUT2D eigenvalue weighted by Gasteiger charge is 2.15. The van der Waals surface area contributed by atoms with Gasteiger partial charge in [-0.3, -0.25) is 19.2 Å². The van der Waals surface area contributed by atoms with E-state index < -0.39 is 28.3 Å². The second-order valence-electron chi connectivity index (χ2n) is 14.0. The van der Waals surface area contributed by atoms with Crippen LogP contribution >= 0.6 is 23.2 Å². The number of benzene rings is 3. The van der Waals surface area contributed by atoms with Crippen LogP contribution in [0.1, 0.15) is 23.9 Å². The van der Waals surface area contributed by atoms with Gasteiger partial charge in [0.05, 0.1) is 47.3 Å². The highest BCUT2D eigenvalue weighted by molar-refractivity contribution is 7.84. The van der Waals surface area contributed by atoms with Crippen molar-refractivity contribution in [3.05, 3.63) is 173 Å². The van der Waals surface area contributed by atoms with Crippen LogP contribution in [0.15, 0.2) is 128 Å². The Kier molecular flexibility index (Phi) is 12.6. The van der Waals surface area contributed by atoms with E-state index in [0.29, 0.717) is 59.3 Å². The number of H-pyrrole nitrogens is 4. The van der Waals surface area contributed by atoms with Crippen LogP contribution in [-0.4, -0.2) is 81.3 Å². The summed E-state index contributed by atoms with van der Waals surface area (Å²) < 4.78 is 16.4. The van der Waals surface area contributed by atoms with Crippen molar-refractivity contribution in [3.8, 4) is 11.8 Å². The summed E-state index contributed by atoms with van der Waals surface area (Å²) >= 11 is 12.1. The number of nitrogens with one attached hydrogen (secondary N) is 5. The highest BCUT2D eigenvalue weighted by atomic mass is 35.5. The number of anilines is 2. The molecular formula is C42H35Cl2N13O6S. The monoisotopic (exact) mass is 919 g/mol. The van der Waals surface area contributed by atoms with Gasteiger partial charge >= 0.3 is 11.4 Å². The first-order chi connectivity index (χ1) is 30.8. The zero-order valence-corrected chi connectivity index (χ0v) is 35.6. The molecule has 0 aliphatic carbocycles. The smallest absolute Gasteiger partial charge is 0.326 e. The molecule has 0 radical (unpaired) electrons. The van der Waals surface area contributed by atoms with Crippen LogP contribution in [0.4, 0.5) is 17.2 Å². The van der Waals surface area contributed by atoms with Gasteiger partial charge < -0.3 is 30.6 Å². The molecule has 3 aromatic carbocycles. The minimum atomic E-state index is -1.47. The standard InChI is InChI=1S/C23H17ClN6O3S.C19H18ClN7O3/c24-16-7-4-8-17(10-16)26-19-11-20(34(33)13-14-5-2-1-3-6-14)30-21(28-19)15(12-25-30)9-18-22(31)29-23(32)27-18;1-10(28)8-21-16-7-15(23-13-4-2-3-12(20)6-13)25-17-11(9-22-27(16)17)5-14-18(29)26-19(30)24-14/h1-12,31H,13H2,(H2,27,29,32);2-7,9-10,23,28-29H,8H2,1H3,(H2,24,26,30). The van der Waals surface area contributed by atoms with E-state index >= 15 is 0 Å². The predicted octanol–water partition coefficient (Wildman–Crippen LogP) is 2.87. The maximum absolute atomic E-state index is 13.4. The summed E-state index contributed by atoms with van der Waals surface area (Å²) in [4.78, 5) is 50.6. The predicted molar refractivity (Wildman–Crippen MR) is 240 cm³/mol. The molecular weight excluding hydrogens is 886 g/mol. The molecule has 2 unspecified atom stereocenters. The van der Waals surface area contributed by atoms with Crippen molar-refractivity contribution in [2.24, 2.45) is 9.98 Å². The summed E-state index contributed by atoms with van der Waals surface area (Å²) in [6, 6.07) is 27.0.